The van der Waals surface area contributed by atoms with Gasteiger partial charge in [-0.3, -0.25) is 4.79 Å². The molecule has 0 saturated carbocycles. The molecule has 0 amide bonds. The van der Waals surface area contributed by atoms with Gasteiger partial charge in [-0.05, 0) is 46.1 Å². The van der Waals surface area contributed by atoms with Gasteiger partial charge < -0.3 is 14.6 Å². The topological polar surface area (TPSA) is 55.8 Å². The van der Waals surface area contributed by atoms with Crippen LogP contribution < -0.4 is 9.47 Å². The smallest absolute Gasteiger partial charge is 0.426 e. The van der Waals surface area contributed by atoms with Crippen molar-refractivity contribution in [3.05, 3.63) is 50.4 Å². The van der Waals surface area contributed by atoms with Crippen molar-refractivity contribution in [2.75, 3.05) is 0 Å². The SMILES string of the molecule is O=C(O)C1Cc2cc(Cl)c(Oc3ccc(Br)c(Cl)c3)cc2OC1C(F)(F)F. The second kappa shape index (κ2) is 7.41. The Labute approximate surface area is 169 Å². The number of ether oxygens (including phenoxy) is 2. The number of carbonyl (C=O) groups is 1. The molecule has 2 unspecified atom stereocenters. The fraction of sp³-hybridized carbons (Fsp3) is 0.235. The molecule has 0 saturated heterocycles. The molecule has 10 heteroatoms. The van der Waals surface area contributed by atoms with Crippen LogP contribution in [0, 0.1) is 5.92 Å². The number of halogens is 6. The van der Waals surface area contributed by atoms with Crippen molar-refractivity contribution in [2.24, 2.45) is 5.92 Å². The highest BCUT2D eigenvalue weighted by molar-refractivity contribution is 9.10. The molecule has 0 fully saturated rings. The number of hydrogen-bond donors (Lipinski definition) is 1. The van der Waals surface area contributed by atoms with Gasteiger partial charge in [0.1, 0.15) is 23.2 Å². The first-order chi connectivity index (χ1) is 12.6. The van der Waals surface area contributed by atoms with Crippen LogP contribution in [0.15, 0.2) is 34.8 Å². The summed E-state index contributed by atoms with van der Waals surface area (Å²) in [6, 6.07) is 7.28. The zero-order valence-corrected chi connectivity index (χ0v) is 16.3. The lowest BCUT2D eigenvalue weighted by Crippen LogP contribution is -2.47. The van der Waals surface area contributed by atoms with Crippen molar-refractivity contribution in [1.29, 1.82) is 0 Å². The fourth-order valence-electron chi connectivity index (χ4n) is 2.67. The quantitative estimate of drug-likeness (QED) is 0.569. The summed E-state index contributed by atoms with van der Waals surface area (Å²) in [6.45, 7) is 0. The highest BCUT2D eigenvalue weighted by Gasteiger charge is 2.52. The van der Waals surface area contributed by atoms with E-state index in [4.69, 9.17) is 37.8 Å². The minimum absolute atomic E-state index is 0.0588. The number of hydrogen-bond acceptors (Lipinski definition) is 3. The van der Waals surface area contributed by atoms with E-state index in [2.05, 4.69) is 15.9 Å². The summed E-state index contributed by atoms with van der Waals surface area (Å²) < 4.78 is 50.8. The van der Waals surface area contributed by atoms with Crippen molar-refractivity contribution in [3.63, 3.8) is 0 Å². The zero-order valence-electron chi connectivity index (χ0n) is 13.2. The van der Waals surface area contributed by atoms with E-state index in [1.807, 2.05) is 0 Å². The molecule has 0 bridgehead atoms. The molecule has 3 rings (SSSR count). The molecule has 0 aliphatic carbocycles. The van der Waals surface area contributed by atoms with Gasteiger partial charge in [-0.15, -0.1) is 0 Å². The Morgan fingerprint density at radius 1 is 1.22 bits per heavy atom. The first kappa shape index (κ1) is 20.1. The van der Waals surface area contributed by atoms with Crippen LogP contribution in [0.3, 0.4) is 0 Å². The molecule has 1 aliphatic heterocycles. The third kappa shape index (κ3) is 4.28. The number of carboxylic acids is 1. The highest BCUT2D eigenvalue weighted by atomic mass is 79.9. The van der Waals surface area contributed by atoms with Crippen LogP contribution in [-0.4, -0.2) is 23.4 Å². The number of benzene rings is 2. The Bertz CT molecular complexity index is 904. The predicted octanol–water partition coefficient (Wildman–Crippen LogP) is 6.11. The Kier molecular flexibility index (Phi) is 5.52. The monoisotopic (exact) mass is 484 g/mol. The number of fused-ring (bicyclic) bond motifs is 1. The lowest BCUT2D eigenvalue weighted by atomic mass is 9.90. The van der Waals surface area contributed by atoms with Crippen molar-refractivity contribution in [1.82, 2.24) is 0 Å². The summed E-state index contributed by atoms with van der Waals surface area (Å²) >= 11 is 15.4. The molecule has 0 radical (unpaired) electrons. The summed E-state index contributed by atoms with van der Waals surface area (Å²) in [5.41, 5.74) is 0.258. The highest BCUT2D eigenvalue weighted by Crippen LogP contribution is 2.43. The van der Waals surface area contributed by atoms with Gasteiger partial charge in [-0.1, -0.05) is 23.2 Å². The predicted molar refractivity (Wildman–Crippen MR) is 96.0 cm³/mol. The van der Waals surface area contributed by atoms with Crippen molar-refractivity contribution in [2.45, 2.75) is 18.7 Å². The first-order valence-corrected chi connectivity index (χ1v) is 9.02. The van der Waals surface area contributed by atoms with E-state index in [0.29, 0.717) is 15.2 Å². The number of carboxylic acid groups (broad SMARTS) is 1. The Morgan fingerprint density at radius 2 is 1.93 bits per heavy atom. The van der Waals surface area contributed by atoms with E-state index in [1.54, 1.807) is 12.1 Å². The number of alkyl halides is 3. The van der Waals surface area contributed by atoms with E-state index >= 15 is 0 Å². The lowest BCUT2D eigenvalue weighted by Gasteiger charge is -2.32. The molecule has 1 heterocycles. The van der Waals surface area contributed by atoms with E-state index in [0.717, 1.165) is 0 Å². The van der Waals surface area contributed by atoms with E-state index < -0.39 is 24.2 Å². The lowest BCUT2D eigenvalue weighted by molar-refractivity contribution is -0.217. The van der Waals surface area contributed by atoms with E-state index in [9.17, 15) is 18.0 Å². The molecule has 0 spiro atoms. The molecule has 0 aromatic heterocycles. The van der Waals surface area contributed by atoms with Crippen LogP contribution in [-0.2, 0) is 11.2 Å². The van der Waals surface area contributed by atoms with E-state index in [1.165, 1.54) is 18.2 Å². The molecule has 2 atom stereocenters. The minimum atomic E-state index is -4.83. The maximum atomic E-state index is 13.2. The third-order valence-electron chi connectivity index (χ3n) is 3.93. The summed E-state index contributed by atoms with van der Waals surface area (Å²) in [5.74, 6) is -3.10. The van der Waals surface area contributed by atoms with Crippen molar-refractivity contribution < 1.29 is 32.5 Å². The third-order valence-corrected chi connectivity index (χ3v) is 5.46. The first-order valence-electron chi connectivity index (χ1n) is 7.47. The van der Waals surface area contributed by atoms with Gasteiger partial charge in [0, 0.05) is 16.6 Å². The maximum Gasteiger partial charge on any atom is 0.426 e. The molecule has 1 N–H and O–H groups in total. The number of rotatable bonds is 3. The van der Waals surface area contributed by atoms with Crippen LogP contribution in [0.2, 0.25) is 10.0 Å². The van der Waals surface area contributed by atoms with Gasteiger partial charge in [0.2, 0.25) is 6.10 Å². The van der Waals surface area contributed by atoms with Gasteiger partial charge in [0.15, 0.2) is 0 Å². The molecular weight excluding hydrogens is 476 g/mol. The largest absolute Gasteiger partial charge is 0.481 e. The Hall–Kier alpha value is -1.64. The second-order valence-corrected chi connectivity index (χ2v) is 7.47. The summed E-state index contributed by atoms with van der Waals surface area (Å²) in [7, 11) is 0. The van der Waals surface area contributed by atoms with Crippen LogP contribution in [0.25, 0.3) is 0 Å². The normalized spacial score (nSPS) is 19.2. The van der Waals surface area contributed by atoms with Crippen LogP contribution in [0.1, 0.15) is 5.56 Å². The summed E-state index contributed by atoms with van der Waals surface area (Å²) in [6.07, 6.45) is -7.65. The standard InChI is InChI=1S/C17H10BrCl2F3O4/c18-10-2-1-8(5-11(10)19)26-14-6-13-7(4-12(14)20)3-9(16(24)25)15(27-13)17(21,22)23/h1-2,4-6,9,15H,3H2,(H,24,25). The average molecular weight is 486 g/mol. The molecule has 27 heavy (non-hydrogen) atoms. The minimum Gasteiger partial charge on any atom is -0.481 e. The van der Waals surface area contributed by atoms with Crippen LogP contribution in [0.5, 0.6) is 17.2 Å². The zero-order chi connectivity index (χ0) is 19.9. The molecule has 2 aromatic rings. The van der Waals surface area contributed by atoms with E-state index in [-0.39, 0.29) is 28.5 Å². The van der Waals surface area contributed by atoms with Crippen LogP contribution in [0.4, 0.5) is 13.2 Å². The Balaban J connectivity index is 1.95. The van der Waals surface area contributed by atoms with Gasteiger partial charge in [0.25, 0.3) is 0 Å². The molecular formula is C17H10BrCl2F3O4. The summed E-state index contributed by atoms with van der Waals surface area (Å²) in [4.78, 5) is 11.2. The number of aliphatic carboxylic acids is 1. The summed E-state index contributed by atoms with van der Waals surface area (Å²) in [5, 5.41) is 9.59. The maximum absolute atomic E-state index is 13.2. The molecule has 1 aliphatic rings. The van der Waals surface area contributed by atoms with Crippen molar-refractivity contribution in [3.8, 4) is 17.2 Å². The van der Waals surface area contributed by atoms with Crippen LogP contribution >= 0.6 is 39.1 Å². The molecule has 4 nitrogen and oxygen atoms in total. The van der Waals surface area contributed by atoms with Gasteiger partial charge in [0.05, 0.1) is 10.0 Å². The van der Waals surface area contributed by atoms with Crippen molar-refractivity contribution >= 4 is 45.1 Å². The molecule has 144 valence electrons. The molecule has 2 aromatic carbocycles. The van der Waals surface area contributed by atoms with Gasteiger partial charge >= 0.3 is 12.1 Å². The average Bonchev–Trinajstić information content (AvgIpc) is 2.57. The Morgan fingerprint density at radius 3 is 2.52 bits per heavy atom. The second-order valence-electron chi connectivity index (χ2n) is 5.80. The van der Waals surface area contributed by atoms with Gasteiger partial charge in [-0.25, -0.2) is 0 Å². The van der Waals surface area contributed by atoms with Gasteiger partial charge in [-0.2, -0.15) is 13.2 Å². The fourth-order valence-corrected chi connectivity index (χ4v) is 3.31.